The monoisotopic (exact) mass is 1100 g/mol. The number of benzene rings is 13. The Hall–Kier alpha value is -10.8. The van der Waals surface area contributed by atoms with E-state index >= 15 is 0 Å². The van der Waals surface area contributed by atoms with Gasteiger partial charge in [0.25, 0.3) is 0 Å². The zero-order valence-electron chi connectivity index (χ0n) is 47.6. The molecular formula is C84H60N2. The van der Waals surface area contributed by atoms with Crippen molar-refractivity contribution in [2.24, 2.45) is 5.92 Å². The van der Waals surface area contributed by atoms with Crippen LogP contribution in [0.2, 0.25) is 0 Å². The van der Waals surface area contributed by atoms with Crippen molar-refractivity contribution < 1.29 is 0 Å². The van der Waals surface area contributed by atoms with Gasteiger partial charge in [-0.3, -0.25) is 0 Å². The summed E-state index contributed by atoms with van der Waals surface area (Å²) < 4.78 is 0. The Morgan fingerprint density at radius 1 is 0.291 bits per heavy atom. The Kier molecular flexibility index (Phi) is 12.5. The lowest BCUT2D eigenvalue weighted by Gasteiger charge is -2.40. The van der Waals surface area contributed by atoms with Crippen LogP contribution in [0.5, 0.6) is 0 Å². The molecule has 0 amide bonds. The van der Waals surface area contributed by atoms with Crippen molar-refractivity contribution in [3.63, 3.8) is 0 Å². The fourth-order valence-corrected chi connectivity index (χ4v) is 14.7. The summed E-state index contributed by atoms with van der Waals surface area (Å²) in [6.45, 7) is 0. The largest absolute Gasteiger partial charge is 0.310 e. The lowest BCUT2D eigenvalue weighted by atomic mass is 9.62. The first-order chi connectivity index (χ1) is 42.6. The number of anilines is 6. The van der Waals surface area contributed by atoms with E-state index in [1.165, 1.54) is 82.7 Å². The molecule has 13 aromatic rings. The number of hydrogen-bond donors (Lipinski definition) is 0. The molecule has 0 spiro atoms. The number of para-hydroxylation sites is 2. The average Bonchev–Trinajstić information content (AvgIpc) is 1.64. The number of rotatable bonds is 12. The molecule has 0 bridgehead atoms. The van der Waals surface area contributed by atoms with Gasteiger partial charge in [-0.1, -0.05) is 261 Å². The first-order valence-electron chi connectivity index (χ1n) is 30.1. The molecule has 0 aromatic heterocycles. The molecule has 0 fully saturated rings. The maximum Gasteiger partial charge on any atom is 0.0714 e. The molecule has 0 radical (unpaired) electrons. The minimum absolute atomic E-state index is 0.158. The number of nitrogens with zero attached hydrogens (tertiary/aromatic N) is 2. The fourth-order valence-electron chi connectivity index (χ4n) is 14.7. The van der Waals surface area contributed by atoms with Crippen LogP contribution >= 0.6 is 0 Å². The molecule has 0 heterocycles. The van der Waals surface area contributed by atoms with E-state index in [-0.39, 0.29) is 5.92 Å². The highest BCUT2D eigenvalue weighted by molar-refractivity contribution is 5.95. The Morgan fingerprint density at radius 3 is 1.15 bits per heavy atom. The molecule has 3 aliphatic carbocycles. The van der Waals surface area contributed by atoms with E-state index in [4.69, 9.17) is 0 Å². The third kappa shape index (κ3) is 8.32. The Balaban J connectivity index is 0.838. The van der Waals surface area contributed by atoms with Gasteiger partial charge in [0.1, 0.15) is 0 Å². The van der Waals surface area contributed by atoms with E-state index in [2.05, 4.69) is 356 Å². The van der Waals surface area contributed by atoms with Crippen molar-refractivity contribution in [3.05, 3.63) is 384 Å². The Labute approximate surface area is 503 Å². The average molecular weight is 1100 g/mol. The van der Waals surface area contributed by atoms with Crippen molar-refractivity contribution >= 4 is 67.8 Å². The molecule has 2 unspecified atom stereocenters. The highest BCUT2D eigenvalue weighted by Gasteiger charge is 2.50. The van der Waals surface area contributed by atoms with Crippen molar-refractivity contribution in [1.82, 2.24) is 0 Å². The Bertz CT molecular complexity index is 4750. The molecule has 16 rings (SSSR count). The maximum atomic E-state index is 2.51. The van der Waals surface area contributed by atoms with Crippen LogP contribution in [0, 0.1) is 5.92 Å². The zero-order valence-corrected chi connectivity index (χ0v) is 47.6. The molecule has 0 saturated carbocycles. The number of hydrogen-bond acceptors (Lipinski definition) is 2. The molecule has 2 atom stereocenters. The van der Waals surface area contributed by atoms with E-state index in [1.54, 1.807) is 0 Å². The van der Waals surface area contributed by atoms with Crippen LogP contribution in [0.1, 0.15) is 56.5 Å². The summed E-state index contributed by atoms with van der Waals surface area (Å²) in [6, 6.07) is 115. The van der Waals surface area contributed by atoms with Crippen LogP contribution in [0.4, 0.5) is 34.1 Å². The molecule has 0 saturated heterocycles. The van der Waals surface area contributed by atoms with Gasteiger partial charge in [0, 0.05) is 34.1 Å². The molecule has 3 aliphatic rings. The van der Waals surface area contributed by atoms with Crippen molar-refractivity contribution in [3.8, 4) is 22.3 Å². The summed E-state index contributed by atoms with van der Waals surface area (Å²) in [5, 5.41) is 4.87. The van der Waals surface area contributed by atoms with Crippen LogP contribution in [-0.4, -0.2) is 0 Å². The number of allylic oxidation sites excluding steroid dienone is 4. The highest BCUT2D eigenvalue weighted by Crippen LogP contribution is 2.61. The predicted molar refractivity (Wildman–Crippen MR) is 362 cm³/mol. The second-order valence-corrected chi connectivity index (χ2v) is 23.1. The van der Waals surface area contributed by atoms with Crippen molar-refractivity contribution in [2.45, 2.75) is 17.3 Å². The minimum Gasteiger partial charge on any atom is -0.310 e. The van der Waals surface area contributed by atoms with Crippen molar-refractivity contribution in [1.29, 1.82) is 0 Å². The quantitative estimate of drug-likeness (QED) is 0.113. The fraction of sp³-hybridized carbons (Fsp3) is 0.0476. The maximum absolute atomic E-state index is 2.51. The molecule has 0 aliphatic heterocycles. The molecular weight excluding hydrogens is 1040 g/mol. The van der Waals surface area contributed by atoms with Gasteiger partial charge < -0.3 is 9.80 Å². The number of fused-ring (bicyclic) bond motifs is 8. The van der Waals surface area contributed by atoms with Crippen LogP contribution in [-0.2, 0) is 10.8 Å². The van der Waals surface area contributed by atoms with Gasteiger partial charge in [-0.05, 0) is 191 Å². The standard InChI is InChI=1S/C84H60N2/c1-7-27-65(28-8-1)83(66-29-9-2-10-30-66)79-53-59(41-49-75(79)77-51-47-73(57-81(77)83)85(69-35-15-5-16-36-69)71-45-43-61-23-19-21-25-63(61)55-71)39-40-60-42-50-76-78-52-48-74(86(70-37-17-6-18-38-70)72-46-44-62-24-20-22-26-64(62)56-72)58-82(78)84(80(76)54-60,67-31-11-3-12-32-67)68-33-13-4-14-34-68/h1-33,35-58,68H,34H2/b40-39+. The first kappa shape index (κ1) is 50.9. The van der Waals surface area contributed by atoms with Gasteiger partial charge in [0.15, 0.2) is 0 Å². The van der Waals surface area contributed by atoms with Gasteiger partial charge in [-0.2, -0.15) is 0 Å². The van der Waals surface area contributed by atoms with Crippen LogP contribution in [0.3, 0.4) is 0 Å². The molecule has 86 heavy (non-hydrogen) atoms. The van der Waals surface area contributed by atoms with Crippen molar-refractivity contribution in [2.75, 3.05) is 9.80 Å². The summed E-state index contributed by atoms with van der Waals surface area (Å²) in [7, 11) is 0. The predicted octanol–water partition coefficient (Wildman–Crippen LogP) is 21.9. The van der Waals surface area contributed by atoms with Gasteiger partial charge >= 0.3 is 0 Å². The lowest BCUT2D eigenvalue weighted by Crippen LogP contribution is -2.35. The van der Waals surface area contributed by atoms with Crippen LogP contribution in [0.25, 0.3) is 56.0 Å². The van der Waals surface area contributed by atoms with E-state index in [1.807, 2.05) is 0 Å². The minimum atomic E-state index is -0.626. The van der Waals surface area contributed by atoms with Crippen LogP contribution < -0.4 is 9.80 Å². The molecule has 0 N–H and O–H groups in total. The molecule has 2 nitrogen and oxygen atoms in total. The third-order valence-corrected chi connectivity index (χ3v) is 18.5. The van der Waals surface area contributed by atoms with E-state index in [0.717, 1.165) is 51.7 Å². The smallest absolute Gasteiger partial charge is 0.0714 e. The summed E-state index contributed by atoms with van der Waals surface area (Å²) in [4.78, 5) is 4.85. The first-order valence-corrected chi connectivity index (χ1v) is 30.1. The highest BCUT2D eigenvalue weighted by atomic mass is 15.1. The normalized spacial score (nSPS) is 16.0. The second-order valence-electron chi connectivity index (χ2n) is 23.1. The molecule has 2 heteroatoms. The third-order valence-electron chi connectivity index (χ3n) is 18.5. The van der Waals surface area contributed by atoms with E-state index in [0.29, 0.717) is 0 Å². The van der Waals surface area contributed by atoms with Gasteiger partial charge in [-0.25, -0.2) is 0 Å². The Morgan fingerprint density at radius 2 is 0.663 bits per heavy atom. The lowest BCUT2D eigenvalue weighted by molar-refractivity contribution is 0.457. The molecule has 13 aromatic carbocycles. The topological polar surface area (TPSA) is 6.48 Å². The SMILES string of the molecule is C1=CCC(C2(c3ccccc3)c3cc(/C=C/c4ccc5c(c4)C(c4ccccc4)(c4ccccc4)c4cc(N(c6ccccc6)c6ccc7ccccc7c6)ccc4-5)ccc3-c3ccc(N(c4ccccc4)c4ccc5ccccc5c4)cc32)C=C1. The molecule has 406 valence electrons. The van der Waals surface area contributed by atoms with Crippen LogP contribution in [0.15, 0.2) is 334 Å². The van der Waals surface area contributed by atoms with Gasteiger partial charge in [0.05, 0.1) is 10.8 Å². The zero-order chi connectivity index (χ0) is 57.0. The van der Waals surface area contributed by atoms with Gasteiger partial charge in [-0.15, -0.1) is 0 Å². The summed E-state index contributed by atoms with van der Waals surface area (Å²) in [5.74, 6) is 0.158. The summed E-state index contributed by atoms with van der Waals surface area (Å²) >= 11 is 0. The summed E-state index contributed by atoms with van der Waals surface area (Å²) in [6.07, 6.45) is 14.9. The summed E-state index contributed by atoms with van der Waals surface area (Å²) in [5.41, 5.74) is 21.9. The second kappa shape index (κ2) is 21.1. The van der Waals surface area contributed by atoms with E-state index in [9.17, 15) is 0 Å². The van der Waals surface area contributed by atoms with Gasteiger partial charge in [0.2, 0.25) is 0 Å². The van der Waals surface area contributed by atoms with E-state index < -0.39 is 10.8 Å².